The molecule has 3 nitrogen and oxygen atoms in total. The number of amides is 1. The van der Waals surface area contributed by atoms with Gasteiger partial charge in [0.2, 0.25) is 5.91 Å². The van der Waals surface area contributed by atoms with Crippen molar-refractivity contribution in [2.24, 2.45) is 11.7 Å². The van der Waals surface area contributed by atoms with Crippen LogP contribution in [0, 0.1) is 5.92 Å². The zero-order valence-electron chi connectivity index (χ0n) is 12.0. The van der Waals surface area contributed by atoms with Crippen molar-refractivity contribution in [3.05, 3.63) is 34.3 Å². The second-order valence-corrected chi connectivity index (χ2v) is 6.69. The van der Waals surface area contributed by atoms with Gasteiger partial charge in [-0.05, 0) is 30.5 Å². The van der Waals surface area contributed by atoms with Gasteiger partial charge in [0.1, 0.15) is 0 Å². The van der Waals surface area contributed by atoms with Crippen LogP contribution in [0.5, 0.6) is 0 Å². The first kappa shape index (κ1) is 15.5. The van der Waals surface area contributed by atoms with Crippen LogP contribution in [0.15, 0.2) is 28.7 Å². The molecule has 0 aliphatic heterocycles. The molecule has 1 aromatic carbocycles. The number of rotatable bonds is 4. The van der Waals surface area contributed by atoms with Crippen LogP contribution in [0.2, 0.25) is 0 Å². The Morgan fingerprint density at radius 2 is 2.10 bits per heavy atom. The maximum absolute atomic E-state index is 12.3. The first-order valence-corrected chi connectivity index (χ1v) is 8.15. The van der Waals surface area contributed by atoms with E-state index in [0.29, 0.717) is 6.54 Å². The molecule has 20 heavy (non-hydrogen) atoms. The van der Waals surface area contributed by atoms with E-state index >= 15 is 0 Å². The first-order chi connectivity index (χ1) is 9.57. The van der Waals surface area contributed by atoms with Crippen molar-refractivity contribution in [1.82, 2.24) is 5.32 Å². The normalized spacial score (nSPS) is 19.4. The van der Waals surface area contributed by atoms with E-state index in [1.165, 1.54) is 12.0 Å². The third-order valence-corrected chi connectivity index (χ3v) is 4.74. The van der Waals surface area contributed by atoms with E-state index in [4.69, 9.17) is 5.73 Å². The van der Waals surface area contributed by atoms with Crippen molar-refractivity contribution in [2.45, 2.75) is 44.6 Å². The lowest BCUT2D eigenvalue weighted by Crippen LogP contribution is -2.49. The molecule has 0 bridgehead atoms. The van der Waals surface area contributed by atoms with Crippen LogP contribution < -0.4 is 11.1 Å². The summed E-state index contributed by atoms with van der Waals surface area (Å²) in [5.41, 5.74) is 6.59. The zero-order chi connectivity index (χ0) is 14.6. The molecule has 1 saturated carbocycles. The van der Waals surface area contributed by atoms with Crippen LogP contribution >= 0.6 is 15.9 Å². The van der Waals surface area contributed by atoms with Crippen LogP contribution in [0.25, 0.3) is 0 Å². The highest BCUT2D eigenvalue weighted by molar-refractivity contribution is 9.10. The van der Waals surface area contributed by atoms with Crippen molar-refractivity contribution in [1.29, 1.82) is 0 Å². The third kappa shape index (κ3) is 3.41. The van der Waals surface area contributed by atoms with E-state index in [2.05, 4.69) is 33.4 Å². The highest BCUT2D eigenvalue weighted by Crippen LogP contribution is 2.38. The second-order valence-electron chi connectivity index (χ2n) is 5.78. The summed E-state index contributed by atoms with van der Waals surface area (Å²) in [6.45, 7) is 2.27. The molecule has 0 radical (unpaired) electrons. The molecule has 4 heteroatoms. The second kappa shape index (κ2) is 6.72. The Hall–Kier alpha value is -0.870. The lowest BCUT2D eigenvalue weighted by molar-refractivity contribution is -0.126. The van der Waals surface area contributed by atoms with Gasteiger partial charge in [0.25, 0.3) is 0 Å². The standard InChI is InChI=1S/C16H23BrN2O/c1-12(11-18)15(20)19-16(8-3-2-4-9-16)13-6-5-7-14(17)10-13/h5-7,10,12H,2-4,8-9,11,18H2,1H3,(H,19,20). The molecule has 1 aliphatic carbocycles. The fourth-order valence-corrected chi connectivity index (χ4v) is 3.29. The fourth-order valence-electron chi connectivity index (χ4n) is 2.89. The summed E-state index contributed by atoms with van der Waals surface area (Å²) in [6, 6.07) is 8.29. The fraction of sp³-hybridized carbons (Fsp3) is 0.562. The van der Waals surface area contributed by atoms with Crippen LogP contribution in [0.4, 0.5) is 0 Å². The molecule has 1 fully saturated rings. The summed E-state index contributed by atoms with van der Waals surface area (Å²) in [5, 5.41) is 3.29. The number of hydrogen-bond acceptors (Lipinski definition) is 2. The highest BCUT2D eigenvalue weighted by atomic mass is 79.9. The molecule has 1 atom stereocenters. The van der Waals surface area contributed by atoms with E-state index in [0.717, 1.165) is 30.2 Å². The van der Waals surface area contributed by atoms with Crippen molar-refractivity contribution in [3.8, 4) is 0 Å². The van der Waals surface area contributed by atoms with E-state index in [1.54, 1.807) is 0 Å². The monoisotopic (exact) mass is 338 g/mol. The van der Waals surface area contributed by atoms with E-state index in [9.17, 15) is 4.79 Å². The van der Waals surface area contributed by atoms with Crippen LogP contribution in [0.3, 0.4) is 0 Å². The zero-order valence-corrected chi connectivity index (χ0v) is 13.6. The minimum atomic E-state index is -0.220. The maximum Gasteiger partial charge on any atom is 0.224 e. The highest BCUT2D eigenvalue weighted by Gasteiger charge is 2.36. The number of nitrogens with two attached hydrogens (primary N) is 1. The molecule has 0 spiro atoms. The minimum absolute atomic E-state index is 0.0642. The first-order valence-electron chi connectivity index (χ1n) is 7.35. The molecule has 1 aliphatic rings. The molecular formula is C16H23BrN2O. The van der Waals surface area contributed by atoms with E-state index in [-0.39, 0.29) is 17.4 Å². The number of hydrogen-bond donors (Lipinski definition) is 2. The topological polar surface area (TPSA) is 55.1 Å². The molecule has 0 heterocycles. The van der Waals surface area contributed by atoms with Crippen molar-refractivity contribution < 1.29 is 4.79 Å². The number of benzene rings is 1. The Morgan fingerprint density at radius 3 is 2.70 bits per heavy atom. The Kier molecular flexibility index (Phi) is 5.22. The van der Waals surface area contributed by atoms with Gasteiger partial charge >= 0.3 is 0 Å². The van der Waals surface area contributed by atoms with Gasteiger partial charge in [-0.15, -0.1) is 0 Å². The molecule has 2 rings (SSSR count). The Bertz CT molecular complexity index is 469. The Labute approximate surface area is 129 Å². The predicted octanol–water partition coefficient (Wildman–Crippen LogP) is 3.32. The average molecular weight is 339 g/mol. The van der Waals surface area contributed by atoms with Crippen molar-refractivity contribution >= 4 is 21.8 Å². The van der Waals surface area contributed by atoms with Gasteiger partial charge < -0.3 is 11.1 Å². The summed E-state index contributed by atoms with van der Waals surface area (Å²) < 4.78 is 1.06. The van der Waals surface area contributed by atoms with E-state index in [1.807, 2.05) is 19.1 Å². The van der Waals surface area contributed by atoms with Gasteiger partial charge in [0.05, 0.1) is 5.54 Å². The van der Waals surface area contributed by atoms with Gasteiger partial charge in [0, 0.05) is 16.9 Å². The largest absolute Gasteiger partial charge is 0.346 e. The minimum Gasteiger partial charge on any atom is -0.346 e. The van der Waals surface area contributed by atoms with Crippen molar-refractivity contribution in [3.63, 3.8) is 0 Å². The van der Waals surface area contributed by atoms with E-state index < -0.39 is 0 Å². The summed E-state index contributed by atoms with van der Waals surface area (Å²) in [7, 11) is 0. The third-order valence-electron chi connectivity index (χ3n) is 4.25. The Balaban J connectivity index is 2.28. The lowest BCUT2D eigenvalue weighted by Gasteiger charge is -2.39. The number of nitrogens with one attached hydrogen (secondary N) is 1. The molecule has 1 unspecified atom stereocenters. The maximum atomic E-state index is 12.3. The molecular weight excluding hydrogens is 316 g/mol. The SMILES string of the molecule is CC(CN)C(=O)NC1(c2cccc(Br)c2)CCCCC1. The molecule has 0 aromatic heterocycles. The molecule has 0 saturated heterocycles. The summed E-state index contributed by atoms with van der Waals surface area (Å²) in [6.07, 6.45) is 5.57. The quantitative estimate of drug-likeness (QED) is 0.884. The van der Waals surface area contributed by atoms with Gasteiger partial charge in [-0.1, -0.05) is 54.2 Å². The van der Waals surface area contributed by atoms with Gasteiger partial charge in [0.15, 0.2) is 0 Å². The summed E-state index contributed by atoms with van der Waals surface area (Å²) in [4.78, 5) is 12.3. The molecule has 110 valence electrons. The summed E-state index contributed by atoms with van der Waals surface area (Å²) >= 11 is 3.53. The van der Waals surface area contributed by atoms with Gasteiger partial charge in [-0.2, -0.15) is 0 Å². The predicted molar refractivity (Wildman–Crippen MR) is 85.3 cm³/mol. The number of carbonyl (C=O) groups is 1. The van der Waals surface area contributed by atoms with Crippen LogP contribution in [0.1, 0.15) is 44.6 Å². The van der Waals surface area contributed by atoms with Gasteiger partial charge in [-0.25, -0.2) is 0 Å². The average Bonchev–Trinajstić information content (AvgIpc) is 2.47. The molecule has 3 N–H and O–H groups in total. The van der Waals surface area contributed by atoms with Gasteiger partial charge in [-0.3, -0.25) is 4.79 Å². The lowest BCUT2D eigenvalue weighted by atomic mass is 9.76. The molecule has 1 aromatic rings. The Morgan fingerprint density at radius 1 is 1.40 bits per heavy atom. The number of carbonyl (C=O) groups excluding carboxylic acids is 1. The van der Waals surface area contributed by atoms with Crippen LogP contribution in [-0.4, -0.2) is 12.5 Å². The van der Waals surface area contributed by atoms with Crippen molar-refractivity contribution in [2.75, 3.05) is 6.54 Å². The molecule has 1 amide bonds. The number of halogens is 1. The smallest absolute Gasteiger partial charge is 0.224 e. The van der Waals surface area contributed by atoms with Crippen LogP contribution in [-0.2, 0) is 10.3 Å². The summed E-state index contributed by atoms with van der Waals surface area (Å²) in [5.74, 6) is -0.0738.